The van der Waals surface area contributed by atoms with Gasteiger partial charge in [0, 0.05) is 18.5 Å². The van der Waals surface area contributed by atoms with Crippen molar-refractivity contribution in [3.05, 3.63) is 53.8 Å². The van der Waals surface area contributed by atoms with Gasteiger partial charge in [0.25, 0.3) is 0 Å². The fraction of sp³-hybridized carbons (Fsp3) is 0.222. The van der Waals surface area contributed by atoms with Crippen LogP contribution in [0.4, 0.5) is 10.1 Å². The Morgan fingerprint density at radius 1 is 1.00 bits per heavy atom. The Hall–Kier alpha value is -2.89. The summed E-state index contributed by atoms with van der Waals surface area (Å²) in [5.74, 6) is 0.0415. The van der Waals surface area contributed by atoms with E-state index in [-0.39, 0.29) is 30.3 Å². The van der Waals surface area contributed by atoms with E-state index in [0.717, 1.165) is 0 Å². The first kappa shape index (κ1) is 17.5. The summed E-state index contributed by atoms with van der Waals surface area (Å²) in [5.41, 5.74) is 0.847. The zero-order valence-corrected chi connectivity index (χ0v) is 13.5. The van der Waals surface area contributed by atoms with Gasteiger partial charge in [-0.05, 0) is 42.5 Å². The molecule has 0 aliphatic heterocycles. The highest BCUT2D eigenvalue weighted by atomic mass is 19.1. The summed E-state index contributed by atoms with van der Waals surface area (Å²) in [6, 6.07) is 10.3. The number of carbonyl (C=O) groups is 2. The number of hydrogen-bond acceptors (Lipinski definition) is 4. The van der Waals surface area contributed by atoms with E-state index in [9.17, 15) is 14.0 Å². The van der Waals surface area contributed by atoms with Crippen LogP contribution in [0.3, 0.4) is 0 Å². The van der Waals surface area contributed by atoms with E-state index < -0.39 is 0 Å². The number of amides is 1. The number of carbonyl (C=O) groups excluding carboxylic acids is 2. The van der Waals surface area contributed by atoms with Gasteiger partial charge in [-0.2, -0.15) is 0 Å². The van der Waals surface area contributed by atoms with Crippen LogP contribution in [-0.2, 0) is 4.79 Å². The van der Waals surface area contributed by atoms with Crippen molar-refractivity contribution in [2.45, 2.75) is 12.8 Å². The predicted molar refractivity (Wildman–Crippen MR) is 88.1 cm³/mol. The van der Waals surface area contributed by atoms with E-state index >= 15 is 0 Å². The Kier molecular flexibility index (Phi) is 5.89. The van der Waals surface area contributed by atoms with Crippen LogP contribution in [-0.4, -0.2) is 25.9 Å². The van der Waals surface area contributed by atoms with Gasteiger partial charge < -0.3 is 14.8 Å². The largest absolute Gasteiger partial charge is 0.497 e. The molecular weight excluding hydrogens is 313 g/mol. The first-order valence-corrected chi connectivity index (χ1v) is 7.34. The standard InChI is InChI=1S/C18H18FNO4/c1-23-14-7-9-17(24-2)15(11-14)16(21)8-10-18(22)20-13-5-3-12(19)4-6-13/h3-7,9,11H,8,10H2,1-2H3,(H,20,22). The van der Waals surface area contributed by atoms with Gasteiger partial charge in [-0.15, -0.1) is 0 Å². The first-order valence-electron chi connectivity index (χ1n) is 7.34. The van der Waals surface area contributed by atoms with Crippen molar-refractivity contribution in [3.63, 3.8) is 0 Å². The van der Waals surface area contributed by atoms with Gasteiger partial charge in [0.1, 0.15) is 17.3 Å². The molecule has 1 N–H and O–H groups in total. The summed E-state index contributed by atoms with van der Waals surface area (Å²) >= 11 is 0. The van der Waals surface area contributed by atoms with Crippen LogP contribution in [0.25, 0.3) is 0 Å². The predicted octanol–water partition coefficient (Wildman–Crippen LogP) is 3.44. The molecule has 0 bridgehead atoms. The molecular formula is C18H18FNO4. The van der Waals surface area contributed by atoms with Crippen LogP contribution in [0.2, 0.25) is 0 Å². The number of anilines is 1. The molecule has 2 rings (SSSR count). The lowest BCUT2D eigenvalue weighted by molar-refractivity contribution is -0.116. The minimum absolute atomic E-state index is 0.0105. The Bertz CT molecular complexity index is 728. The second kappa shape index (κ2) is 8.10. The fourth-order valence-electron chi connectivity index (χ4n) is 2.15. The smallest absolute Gasteiger partial charge is 0.224 e. The van der Waals surface area contributed by atoms with Gasteiger partial charge in [-0.25, -0.2) is 4.39 Å². The van der Waals surface area contributed by atoms with E-state index in [4.69, 9.17) is 9.47 Å². The molecule has 0 radical (unpaired) electrons. The number of ether oxygens (including phenoxy) is 2. The minimum atomic E-state index is -0.381. The average molecular weight is 331 g/mol. The number of hydrogen-bond donors (Lipinski definition) is 1. The molecule has 0 fully saturated rings. The maximum Gasteiger partial charge on any atom is 0.224 e. The summed E-state index contributed by atoms with van der Waals surface area (Å²) in [4.78, 5) is 24.2. The molecule has 0 saturated carbocycles. The van der Waals surface area contributed by atoms with Crippen molar-refractivity contribution in [2.24, 2.45) is 0 Å². The van der Waals surface area contributed by atoms with Gasteiger partial charge in [-0.3, -0.25) is 9.59 Å². The number of Topliss-reactive ketones (excluding diaryl/α,β-unsaturated/α-hetero) is 1. The molecule has 126 valence electrons. The Morgan fingerprint density at radius 2 is 1.71 bits per heavy atom. The van der Waals surface area contributed by atoms with E-state index in [1.807, 2.05) is 0 Å². The van der Waals surface area contributed by atoms with Crippen molar-refractivity contribution in [1.29, 1.82) is 0 Å². The van der Waals surface area contributed by atoms with Gasteiger partial charge in [-0.1, -0.05) is 0 Å². The van der Waals surface area contributed by atoms with Gasteiger partial charge in [0.05, 0.1) is 19.8 Å². The Morgan fingerprint density at radius 3 is 2.33 bits per heavy atom. The van der Waals surface area contributed by atoms with E-state index in [0.29, 0.717) is 22.7 Å². The highest BCUT2D eigenvalue weighted by Gasteiger charge is 2.15. The summed E-state index contributed by atoms with van der Waals surface area (Å²) in [6.45, 7) is 0. The van der Waals surface area contributed by atoms with Crippen molar-refractivity contribution >= 4 is 17.4 Å². The summed E-state index contributed by atoms with van der Waals surface area (Å²) in [6.07, 6.45) is 0.0349. The van der Waals surface area contributed by atoms with Gasteiger partial charge in [0.15, 0.2) is 5.78 Å². The second-order valence-corrected chi connectivity index (χ2v) is 5.04. The van der Waals surface area contributed by atoms with Crippen LogP contribution in [0.1, 0.15) is 23.2 Å². The first-order chi connectivity index (χ1) is 11.5. The molecule has 1 amide bonds. The third kappa shape index (κ3) is 4.55. The number of benzene rings is 2. The topological polar surface area (TPSA) is 64.6 Å². The molecule has 0 saturated heterocycles. The Labute approximate surface area is 139 Å². The fourth-order valence-corrected chi connectivity index (χ4v) is 2.15. The number of rotatable bonds is 7. The van der Waals surface area contributed by atoms with Crippen LogP contribution >= 0.6 is 0 Å². The lowest BCUT2D eigenvalue weighted by Gasteiger charge is -2.10. The molecule has 0 heterocycles. The Balaban J connectivity index is 1.97. The molecule has 5 nitrogen and oxygen atoms in total. The lowest BCUT2D eigenvalue weighted by atomic mass is 10.0. The monoisotopic (exact) mass is 331 g/mol. The lowest BCUT2D eigenvalue weighted by Crippen LogP contribution is -2.14. The molecule has 0 spiro atoms. The van der Waals surface area contributed by atoms with Crippen LogP contribution in [0.5, 0.6) is 11.5 Å². The summed E-state index contributed by atoms with van der Waals surface area (Å²) < 4.78 is 23.1. The molecule has 0 aromatic heterocycles. The minimum Gasteiger partial charge on any atom is -0.497 e. The van der Waals surface area contributed by atoms with Crippen molar-refractivity contribution in [1.82, 2.24) is 0 Å². The third-order valence-electron chi connectivity index (χ3n) is 3.41. The number of ketones is 1. The maximum atomic E-state index is 12.8. The number of nitrogens with one attached hydrogen (secondary N) is 1. The van der Waals surface area contributed by atoms with Crippen LogP contribution < -0.4 is 14.8 Å². The van der Waals surface area contributed by atoms with E-state index in [2.05, 4.69) is 5.32 Å². The second-order valence-electron chi connectivity index (χ2n) is 5.04. The normalized spacial score (nSPS) is 10.1. The number of halogens is 1. The van der Waals surface area contributed by atoms with Gasteiger partial charge in [0.2, 0.25) is 5.91 Å². The molecule has 0 aliphatic rings. The third-order valence-corrected chi connectivity index (χ3v) is 3.41. The van der Waals surface area contributed by atoms with Crippen molar-refractivity contribution < 1.29 is 23.5 Å². The number of methoxy groups -OCH3 is 2. The zero-order valence-electron chi connectivity index (χ0n) is 13.5. The quantitative estimate of drug-likeness (QED) is 0.789. The molecule has 24 heavy (non-hydrogen) atoms. The highest BCUT2D eigenvalue weighted by molar-refractivity contribution is 6.02. The van der Waals surface area contributed by atoms with E-state index in [1.165, 1.54) is 38.5 Å². The van der Waals surface area contributed by atoms with Crippen LogP contribution in [0.15, 0.2) is 42.5 Å². The average Bonchev–Trinajstić information content (AvgIpc) is 2.61. The molecule has 2 aromatic carbocycles. The van der Waals surface area contributed by atoms with Crippen molar-refractivity contribution in [2.75, 3.05) is 19.5 Å². The highest BCUT2D eigenvalue weighted by Crippen LogP contribution is 2.25. The SMILES string of the molecule is COc1ccc(OC)c(C(=O)CCC(=O)Nc2ccc(F)cc2)c1. The molecule has 0 unspecified atom stereocenters. The summed E-state index contributed by atoms with van der Waals surface area (Å²) in [5, 5.41) is 2.61. The molecule has 6 heteroatoms. The molecule has 0 atom stereocenters. The van der Waals surface area contributed by atoms with Gasteiger partial charge >= 0.3 is 0 Å². The van der Waals surface area contributed by atoms with Crippen molar-refractivity contribution in [3.8, 4) is 11.5 Å². The van der Waals surface area contributed by atoms with E-state index in [1.54, 1.807) is 18.2 Å². The zero-order chi connectivity index (χ0) is 17.5. The maximum absolute atomic E-state index is 12.8. The summed E-state index contributed by atoms with van der Waals surface area (Å²) in [7, 11) is 2.98. The molecule has 0 aliphatic carbocycles. The van der Waals surface area contributed by atoms with Crippen LogP contribution in [0, 0.1) is 5.82 Å². The molecule has 2 aromatic rings.